The number of hydrogen-bond acceptors (Lipinski definition) is 7. The van der Waals surface area contributed by atoms with E-state index in [2.05, 4.69) is 15.1 Å². The molecule has 0 fully saturated rings. The predicted octanol–water partition coefficient (Wildman–Crippen LogP) is 3.96. The molecular formula is C17H16ClN3O4. The lowest BCUT2D eigenvalue weighted by Crippen LogP contribution is -1.94. The third kappa shape index (κ3) is 3.66. The standard InChI is InChI=1S/C17H16ClN3O4/c1-3-23-13-8-11(7-12(18)15(13)22)16-20-17(25-21-16)10-5-6-19-14(9-10)24-4-2/h5-9,22H,3-4H2,1-2H3. The van der Waals surface area contributed by atoms with Gasteiger partial charge < -0.3 is 19.1 Å². The second-order valence-corrected chi connectivity index (χ2v) is 5.38. The van der Waals surface area contributed by atoms with Gasteiger partial charge in [0.25, 0.3) is 5.89 Å². The van der Waals surface area contributed by atoms with E-state index < -0.39 is 0 Å². The van der Waals surface area contributed by atoms with Crippen LogP contribution < -0.4 is 9.47 Å². The van der Waals surface area contributed by atoms with E-state index in [-0.39, 0.29) is 16.5 Å². The number of ether oxygens (including phenoxy) is 2. The quantitative estimate of drug-likeness (QED) is 0.710. The smallest absolute Gasteiger partial charge is 0.258 e. The van der Waals surface area contributed by atoms with Crippen LogP contribution in [0.15, 0.2) is 35.0 Å². The van der Waals surface area contributed by atoms with E-state index in [4.69, 9.17) is 25.6 Å². The predicted molar refractivity (Wildman–Crippen MR) is 92.0 cm³/mol. The van der Waals surface area contributed by atoms with Crippen LogP contribution in [-0.4, -0.2) is 33.4 Å². The molecule has 1 aromatic carbocycles. The fraction of sp³-hybridized carbons (Fsp3) is 0.235. The number of benzene rings is 1. The van der Waals surface area contributed by atoms with E-state index in [0.717, 1.165) is 0 Å². The topological polar surface area (TPSA) is 90.5 Å². The Labute approximate surface area is 149 Å². The van der Waals surface area contributed by atoms with Gasteiger partial charge in [0.2, 0.25) is 11.7 Å². The number of halogens is 1. The molecule has 1 N–H and O–H groups in total. The maximum absolute atomic E-state index is 9.92. The van der Waals surface area contributed by atoms with Crippen molar-refractivity contribution in [1.29, 1.82) is 0 Å². The Kier molecular flexibility index (Phi) is 5.04. The Bertz CT molecular complexity index is 882. The summed E-state index contributed by atoms with van der Waals surface area (Å²) in [6.07, 6.45) is 1.61. The first-order valence-electron chi connectivity index (χ1n) is 7.71. The van der Waals surface area contributed by atoms with E-state index >= 15 is 0 Å². The van der Waals surface area contributed by atoms with Crippen molar-refractivity contribution in [2.45, 2.75) is 13.8 Å². The minimum absolute atomic E-state index is 0.119. The first kappa shape index (κ1) is 17.0. The second kappa shape index (κ2) is 7.40. The first-order valence-corrected chi connectivity index (χ1v) is 8.08. The molecule has 3 aromatic rings. The van der Waals surface area contributed by atoms with E-state index in [9.17, 15) is 5.11 Å². The Morgan fingerprint density at radius 1 is 1.12 bits per heavy atom. The molecule has 0 aliphatic heterocycles. The molecule has 0 amide bonds. The largest absolute Gasteiger partial charge is 0.503 e. The molecule has 0 bridgehead atoms. The van der Waals surface area contributed by atoms with Crippen LogP contribution in [0, 0.1) is 0 Å². The highest BCUT2D eigenvalue weighted by molar-refractivity contribution is 6.32. The minimum Gasteiger partial charge on any atom is -0.503 e. The third-order valence-corrected chi connectivity index (χ3v) is 3.57. The van der Waals surface area contributed by atoms with E-state index in [1.807, 2.05) is 13.8 Å². The number of hydrogen-bond donors (Lipinski definition) is 1. The third-order valence-electron chi connectivity index (χ3n) is 3.29. The molecule has 8 heteroatoms. The maximum Gasteiger partial charge on any atom is 0.258 e. The Hall–Kier alpha value is -2.80. The Balaban J connectivity index is 1.95. The van der Waals surface area contributed by atoms with Gasteiger partial charge in [0.1, 0.15) is 0 Å². The number of rotatable bonds is 6. The van der Waals surface area contributed by atoms with E-state index in [1.54, 1.807) is 30.5 Å². The highest BCUT2D eigenvalue weighted by atomic mass is 35.5. The zero-order valence-electron chi connectivity index (χ0n) is 13.7. The first-order chi connectivity index (χ1) is 12.1. The van der Waals surface area contributed by atoms with Gasteiger partial charge in [0.05, 0.1) is 18.2 Å². The summed E-state index contributed by atoms with van der Waals surface area (Å²) in [5.74, 6) is 1.27. The lowest BCUT2D eigenvalue weighted by Gasteiger charge is -2.08. The summed E-state index contributed by atoms with van der Waals surface area (Å²) in [5, 5.41) is 14.0. The van der Waals surface area contributed by atoms with Gasteiger partial charge in [-0.3, -0.25) is 0 Å². The second-order valence-electron chi connectivity index (χ2n) is 4.98. The number of pyridine rings is 1. The summed E-state index contributed by atoms with van der Waals surface area (Å²) in [6.45, 7) is 4.59. The van der Waals surface area contributed by atoms with Gasteiger partial charge in [-0.25, -0.2) is 4.98 Å². The SMILES string of the molecule is CCOc1cc(-c2nc(-c3cc(Cl)c(O)c(OCC)c3)no2)ccn1. The summed E-state index contributed by atoms with van der Waals surface area (Å²) in [4.78, 5) is 8.47. The van der Waals surface area contributed by atoms with Gasteiger partial charge in [-0.15, -0.1) is 0 Å². The lowest BCUT2D eigenvalue weighted by molar-refractivity contribution is 0.318. The molecule has 2 heterocycles. The summed E-state index contributed by atoms with van der Waals surface area (Å²) in [7, 11) is 0. The van der Waals surface area contributed by atoms with Crippen molar-refractivity contribution in [2.24, 2.45) is 0 Å². The van der Waals surface area contributed by atoms with Crippen molar-refractivity contribution in [3.8, 4) is 40.2 Å². The van der Waals surface area contributed by atoms with Crippen LogP contribution in [0.25, 0.3) is 22.8 Å². The highest BCUT2D eigenvalue weighted by Crippen LogP contribution is 2.38. The van der Waals surface area contributed by atoms with Crippen molar-refractivity contribution in [3.63, 3.8) is 0 Å². The van der Waals surface area contributed by atoms with Gasteiger partial charge in [-0.05, 0) is 32.0 Å². The molecule has 0 aliphatic rings. The van der Waals surface area contributed by atoms with Crippen molar-refractivity contribution >= 4 is 11.6 Å². The normalized spacial score (nSPS) is 10.7. The molecule has 0 saturated heterocycles. The van der Waals surface area contributed by atoms with Crippen LogP contribution in [0.4, 0.5) is 0 Å². The van der Waals surface area contributed by atoms with Gasteiger partial charge in [-0.2, -0.15) is 4.98 Å². The average molecular weight is 362 g/mol. The number of aromatic hydroxyl groups is 1. The van der Waals surface area contributed by atoms with Crippen LogP contribution in [0.1, 0.15) is 13.8 Å². The zero-order chi connectivity index (χ0) is 17.8. The number of phenolic OH excluding ortho intramolecular Hbond substituents is 1. The molecule has 25 heavy (non-hydrogen) atoms. The average Bonchev–Trinajstić information content (AvgIpc) is 3.10. The van der Waals surface area contributed by atoms with Crippen molar-refractivity contribution in [3.05, 3.63) is 35.5 Å². The fourth-order valence-electron chi connectivity index (χ4n) is 2.20. The van der Waals surface area contributed by atoms with Crippen LogP contribution in [-0.2, 0) is 0 Å². The van der Waals surface area contributed by atoms with Crippen LogP contribution in [0.5, 0.6) is 17.4 Å². The van der Waals surface area contributed by atoms with Crippen molar-refractivity contribution in [1.82, 2.24) is 15.1 Å². The molecular weight excluding hydrogens is 346 g/mol. The van der Waals surface area contributed by atoms with Crippen LogP contribution >= 0.6 is 11.6 Å². The van der Waals surface area contributed by atoms with Crippen LogP contribution in [0.3, 0.4) is 0 Å². The molecule has 0 aliphatic carbocycles. The summed E-state index contributed by atoms with van der Waals surface area (Å²) >= 11 is 6.04. The fourth-order valence-corrected chi connectivity index (χ4v) is 2.41. The Morgan fingerprint density at radius 3 is 2.68 bits per heavy atom. The minimum atomic E-state index is -0.119. The number of phenols is 1. The lowest BCUT2D eigenvalue weighted by atomic mass is 10.2. The highest BCUT2D eigenvalue weighted by Gasteiger charge is 2.16. The monoisotopic (exact) mass is 361 g/mol. The maximum atomic E-state index is 9.92. The molecule has 0 saturated carbocycles. The molecule has 0 spiro atoms. The van der Waals surface area contributed by atoms with Gasteiger partial charge in [-0.1, -0.05) is 16.8 Å². The molecule has 7 nitrogen and oxygen atoms in total. The number of aromatic nitrogens is 3. The van der Waals surface area contributed by atoms with Crippen molar-refractivity contribution < 1.29 is 19.1 Å². The van der Waals surface area contributed by atoms with Crippen molar-refractivity contribution in [2.75, 3.05) is 13.2 Å². The summed E-state index contributed by atoms with van der Waals surface area (Å²) in [5.41, 5.74) is 1.26. The molecule has 0 unspecified atom stereocenters. The molecule has 0 atom stereocenters. The molecule has 3 rings (SSSR count). The summed E-state index contributed by atoms with van der Waals surface area (Å²) in [6, 6.07) is 6.62. The van der Waals surface area contributed by atoms with E-state index in [0.29, 0.717) is 41.9 Å². The molecule has 0 radical (unpaired) electrons. The zero-order valence-corrected chi connectivity index (χ0v) is 14.4. The van der Waals surface area contributed by atoms with Gasteiger partial charge in [0.15, 0.2) is 11.5 Å². The number of nitrogens with zero attached hydrogens (tertiary/aromatic N) is 3. The molecule has 2 aromatic heterocycles. The van der Waals surface area contributed by atoms with Crippen LogP contribution in [0.2, 0.25) is 5.02 Å². The van der Waals surface area contributed by atoms with Gasteiger partial charge >= 0.3 is 0 Å². The molecule has 130 valence electrons. The summed E-state index contributed by atoms with van der Waals surface area (Å²) < 4.78 is 16.1. The van der Waals surface area contributed by atoms with E-state index in [1.165, 1.54) is 0 Å². The van der Waals surface area contributed by atoms with Gasteiger partial charge in [0, 0.05) is 23.4 Å². The Morgan fingerprint density at radius 2 is 1.92 bits per heavy atom.